The molecular formula is C23H26ClN3O2. The lowest BCUT2D eigenvalue weighted by molar-refractivity contribution is 0.0772. The van der Waals surface area contributed by atoms with Gasteiger partial charge in [-0.25, -0.2) is 0 Å². The predicted octanol–water partition coefficient (Wildman–Crippen LogP) is 4.66. The van der Waals surface area contributed by atoms with Crippen LogP contribution in [0.4, 0.5) is 0 Å². The van der Waals surface area contributed by atoms with E-state index in [1.165, 1.54) is 0 Å². The number of nitrogens with zero attached hydrogens (tertiary/aromatic N) is 3. The van der Waals surface area contributed by atoms with E-state index in [2.05, 4.69) is 5.10 Å². The number of carbonyl (C=O) groups is 1. The van der Waals surface area contributed by atoms with Crippen LogP contribution >= 0.6 is 11.6 Å². The Morgan fingerprint density at radius 2 is 1.90 bits per heavy atom. The van der Waals surface area contributed by atoms with Crippen LogP contribution in [0.5, 0.6) is 5.75 Å². The quantitative estimate of drug-likeness (QED) is 0.568. The SMILES string of the molecule is Cc1cccc(OCCN(C)C(=O)c2c(C)nn(Cc3ccccc3Cl)c2C)c1. The standard InChI is InChI=1S/C23H26ClN3O2/c1-16-8-7-10-20(14-16)29-13-12-26(4)23(28)22-17(2)25-27(18(22)3)15-19-9-5-6-11-21(19)24/h5-11,14H,12-13,15H2,1-4H3. The van der Waals surface area contributed by atoms with Crippen molar-refractivity contribution in [3.63, 3.8) is 0 Å². The molecule has 0 saturated heterocycles. The summed E-state index contributed by atoms with van der Waals surface area (Å²) in [5.41, 5.74) is 4.29. The molecule has 0 radical (unpaired) electrons. The summed E-state index contributed by atoms with van der Waals surface area (Å²) in [5, 5.41) is 5.26. The summed E-state index contributed by atoms with van der Waals surface area (Å²) in [6, 6.07) is 15.5. The Hall–Kier alpha value is -2.79. The molecule has 0 unspecified atom stereocenters. The summed E-state index contributed by atoms with van der Waals surface area (Å²) in [5.74, 6) is 0.754. The van der Waals surface area contributed by atoms with Gasteiger partial charge in [0.05, 0.1) is 24.3 Å². The second kappa shape index (κ2) is 9.14. The molecule has 3 aromatic rings. The number of hydrogen-bond acceptors (Lipinski definition) is 3. The van der Waals surface area contributed by atoms with E-state index in [1.54, 1.807) is 11.9 Å². The number of benzene rings is 2. The molecule has 29 heavy (non-hydrogen) atoms. The van der Waals surface area contributed by atoms with Gasteiger partial charge in [-0.05, 0) is 50.1 Å². The molecule has 0 N–H and O–H groups in total. The van der Waals surface area contributed by atoms with E-state index in [9.17, 15) is 4.79 Å². The number of aromatic nitrogens is 2. The van der Waals surface area contributed by atoms with Crippen LogP contribution in [0.1, 0.15) is 32.9 Å². The van der Waals surface area contributed by atoms with Gasteiger partial charge < -0.3 is 9.64 Å². The Kier molecular flexibility index (Phi) is 6.60. The van der Waals surface area contributed by atoms with Crippen LogP contribution in [0.3, 0.4) is 0 Å². The van der Waals surface area contributed by atoms with E-state index in [4.69, 9.17) is 16.3 Å². The van der Waals surface area contributed by atoms with E-state index < -0.39 is 0 Å². The Morgan fingerprint density at radius 1 is 1.14 bits per heavy atom. The molecule has 0 aliphatic carbocycles. The largest absolute Gasteiger partial charge is 0.492 e. The molecule has 0 bridgehead atoms. The lowest BCUT2D eigenvalue weighted by atomic mass is 10.1. The van der Waals surface area contributed by atoms with Gasteiger partial charge in [0.15, 0.2) is 0 Å². The Balaban J connectivity index is 1.67. The van der Waals surface area contributed by atoms with Gasteiger partial charge in [0, 0.05) is 17.8 Å². The molecule has 5 nitrogen and oxygen atoms in total. The first kappa shape index (κ1) is 20.9. The lowest BCUT2D eigenvalue weighted by Crippen LogP contribution is -2.31. The molecule has 0 aliphatic heterocycles. The van der Waals surface area contributed by atoms with Crippen molar-refractivity contribution in [2.75, 3.05) is 20.2 Å². The Bertz CT molecular complexity index is 1010. The van der Waals surface area contributed by atoms with Crippen molar-refractivity contribution in [3.05, 3.63) is 81.6 Å². The first-order chi connectivity index (χ1) is 13.9. The van der Waals surface area contributed by atoms with Gasteiger partial charge in [-0.15, -0.1) is 0 Å². The molecule has 1 amide bonds. The molecule has 152 valence electrons. The number of amides is 1. The minimum Gasteiger partial charge on any atom is -0.492 e. The smallest absolute Gasteiger partial charge is 0.257 e. The third-order valence-corrected chi connectivity index (χ3v) is 5.27. The average Bonchev–Trinajstić information content (AvgIpc) is 2.96. The van der Waals surface area contributed by atoms with Crippen LogP contribution < -0.4 is 4.74 Å². The van der Waals surface area contributed by atoms with Gasteiger partial charge in [-0.2, -0.15) is 5.10 Å². The van der Waals surface area contributed by atoms with E-state index in [0.717, 1.165) is 22.6 Å². The van der Waals surface area contributed by atoms with Crippen molar-refractivity contribution in [2.24, 2.45) is 0 Å². The number of halogens is 1. The number of aryl methyl sites for hydroxylation is 2. The van der Waals surface area contributed by atoms with E-state index in [-0.39, 0.29) is 5.91 Å². The lowest BCUT2D eigenvalue weighted by Gasteiger charge is -2.18. The highest BCUT2D eigenvalue weighted by molar-refractivity contribution is 6.31. The van der Waals surface area contributed by atoms with Crippen molar-refractivity contribution in [2.45, 2.75) is 27.3 Å². The van der Waals surface area contributed by atoms with E-state index in [1.807, 2.05) is 74.0 Å². The maximum atomic E-state index is 13.0. The number of likely N-dealkylation sites (N-methyl/N-ethyl adjacent to an activating group) is 1. The highest BCUT2D eigenvalue weighted by atomic mass is 35.5. The van der Waals surface area contributed by atoms with Gasteiger partial charge in [0.25, 0.3) is 5.91 Å². The van der Waals surface area contributed by atoms with Crippen LogP contribution in [0.2, 0.25) is 5.02 Å². The Morgan fingerprint density at radius 3 is 2.62 bits per heavy atom. The number of ether oxygens (including phenoxy) is 1. The normalized spacial score (nSPS) is 10.8. The van der Waals surface area contributed by atoms with Crippen molar-refractivity contribution in [1.29, 1.82) is 0 Å². The highest BCUT2D eigenvalue weighted by Crippen LogP contribution is 2.20. The van der Waals surface area contributed by atoms with Crippen LogP contribution in [-0.4, -0.2) is 40.8 Å². The fourth-order valence-corrected chi connectivity index (χ4v) is 3.44. The molecule has 1 aromatic heterocycles. The van der Waals surface area contributed by atoms with Crippen LogP contribution in [0, 0.1) is 20.8 Å². The fraction of sp³-hybridized carbons (Fsp3) is 0.304. The molecule has 3 rings (SSSR count). The van der Waals surface area contributed by atoms with Crippen molar-refractivity contribution in [1.82, 2.24) is 14.7 Å². The van der Waals surface area contributed by atoms with Gasteiger partial charge in [-0.3, -0.25) is 9.48 Å². The molecule has 1 heterocycles. The van der Waals surface area contributed by atoms with E-state index >= 15 is 0 Å². The highest BCUT2D eigenvalue weighted by Gasteiger charge is 2.22. The molecule has 0 fully saturated rings. The fourth-order valence-electron chi connectivity index (χ4n) is 3.25. The predicted molar refractivity (Wildman–Crippen MR) is 116 cm³/mol. The maximum absolute atomic E-state index is 13.0. The zero-order valence-corrected chi connectivity index (χ0v) is 18.0. The van der Waals surface area contributed by atoms with Crippen LogP contribution in [0.15, 0.2) is 48.5 Å². The Labute approximate surface area is 176 Å². The molecule has 0 saturated carbocycles. The summed E-state index contributed by atoms with van der Waals surface area (Å²) in [4.78, 5) is 14.7. The van der Waals surface area contributed by atoms with Gasteiger partial charge >= 0.3 is 0 Å². The minimum atomic E-state index is -0.0572. The van der Waals surface area contributed by atoms with Crippen LogP contribution in [-0.2, 0) is 6.54 Å². The van der Waals surface area contributed by atoms with Crippen molar-refractivity contribution >= 4 is 17.5 Å². The first-order valence-corrected chi connectivity index (χ1v) is 9.97. The van der Waals surface area contributed by atoms with Gasteiger partial charge in [0.1, 0.15) is 12.4 Å². The summed E-state index contributed by atoms with van der Waals surface area (Å²) in [7, 11) is 1.78. The summed E-state index contributed by atoms with van der Waals surface area (Å²) >= 11 is 6.27. The third-order valence-electron chi connectivity index (χ3n) is 4.90. The topological polar surface area (TPSA) is 47.4 Å². The third kappa shape index (κ3) is 4.98. The average molecular weight is 412 g/mol. The first-order valence-electron chi connectivity index (χ1n) is 9.59. The number of carbonyl (C=O) groups excluding carboxylic acids is 1. The molecule has 0 atom stereocenters. The van der Waals surface area contributed by atoms with Gasteiger partial charge in [-0.1, -0.05) is 41.9 Å². The molecule has 0 aliphatic rings. The molecule has 2 aromatic carbocycles. The number of rotatable bonds is 7. The van der Waals surface area contributed by atoms with Gasteiger partial charge in [0.2, 0.25) is 0 Å². The second-order valence-electron chi connectivity index (χ2n) is 7.19. The van der Waals surface area contributed by atoms with Crippen molar-refractivity contribution in [3.8, 4) is 5.75 Å². The zero-order valence-electron chi connectivity index (χ0n) is 17.3. The maximum Gasteiger partial charge on any atom is 0.257 e. The molecule has 6 heteroatoms. The van der Waals surface area contributed by atoms with E-state index in [0.29, 0.717) is 36.0 Å². The molecule has 0 spiro atoms. The summed E-state index contributed by atoms with van der Waals surface area (Å²) in [6.07, 6.45) is 0. The second-order valence-corrected chi connectivity index (χ2v) is 7.59. The summed E-state index contributed by atoms with van der Waals surface area (Å²) in [6.45, 7) is 7.24. The minimum absolute atomic E-state index is 0.0572. The summed E-state index contributed by atoms with van der Waals surface area (Å²) < 4.78 is 7.61. The molecular weight excluding hydrogens is 386 g/mol. The zero-order chi connectivity index (χ0) is 21.0. The van der Waals surface area contributed by atoms with Crippen molar-refractivity contribution < 1.29 is 9.53 Å². The van der Waals surface area contributed by atoms with Crippen LogP contribution in [0.25, 0.3) is 0 Å². The number of hydrogen-bond donors (Lipinski definition) is 0. The monoisotopic (exact) mass is 411 g/mol.